The van der Waals surface area contributed by atoms with Gasteiger partial charge in [0, 0.05) is 20.1 Å². The van der Waals surface area contributed by atoms with E-state index < -0.39 is 11.9 Å². The zero-order chi connectivity index (χ0) is 9.35. The molecule has 1 heterocycles. The van der Waals surface area contributed by atoms with E-state index in [1.54, 1.807) is 0 Å². The van der Waals surface area contributed by atoms with Crippen LogP contribution in [-0.2, 0) is 0 Å². The van der Waals surface area contributed by atoms with Gasteiger partial charge in [-0.2, -0.15) is 13.2 Å². The smallest absolute Gasteiger partial charge is 0.384 e. The van der Waals surface area contributed by atoms with Gasteiger partial charge < -0.3 is 16.0 Å². The maximum Gasteiger partial charge on any atom is 0.434 e. The lowest BCUT2D eigenvalue weighted by Gasteiger charge is -2.30. The summed E-state index contributed by atoms with van der Waals surface area (Å²) in [5.74, 6) is -0.295. The first-order valence-electron chi connectivity index (χ1n) is 3.45. The number of nitrogens with one attached hydrogen (secondary N) is 1. The molecule has 0 bridgehead atoms. The van der Waals surface area contributed by atoms with Gasteiger partial charge in [-0.3, -0.25) is 0 Å². The van der Waals surface area contributed by atoms with Crippen LogP contribution >= 0.6 is 0 Å². The van der Waals surface area contributed by atoms with Gasteiger partial charge in [0.25, 0.3) is 0 Å². The highest BCUT2D eigenvalue weighted by Gasteiger charge is 2.40. The van der Waals surface area contributed by atoms with Crippen LogP contribution in [0.1, 0.15) is 0 Å². The van der Waals surface area contributed by atoms with Gasteiger partial charge in [0.15, 0.2) is 5.70 Å². The fourth-order valence-electron chi connectivity index (χ4n) is 1.13. The second-order valence-electron chi connectivity index (χ2n) is 2.61. The molecule has 0 radical (unpaired) electrons. The van der Waals surface area contributed by atoms with Crippen molar-refractivity contribution in [1.82, 2.24) is 10.2 Å². The monoisotopic (exact) mass is 181 g/mol. The molecule has 0 aromatic rings. The number of alkyl halides is 3. The Morgan fingerprint density at radius 3 is 2.42 bits per heavy atom. The second-order valence-corrected chi connectivity index (χ2v) is 2.61. The van der Waals surface area contributed by atoms with Gasteiger partial charge in [-0.1, -0.05) is 0 Å². The topological polar surface area (TPSA) is 41.3 Å². The van der Waals surface area contributed by atoms with Crippen molar-refractivity contribution in [3.05, 3.63) is 11.5 Å². The molecule has 3 nitrogen and oxygen atoms in total. The van der Waals surface area contributed by atoms with Crippen molar-refractivity contribution in [2.24, 2.45) is 5.73 Å². The molecular weight excluding hydrogens is 171 g/mol. The fourth-order valence-corrected chi connectivity index (χ4v) is 1.13. The number of allylic oxidation sites excluding steroid dienone is 1. The lowest BCUT2D eigenvalue weighted by Crippen LogP contribution is -2.44. The van der Waals surface area contributed by atoms with E-state index in [1.165, 1.54) is 7.05 Å². The quantitative estimate of drug-likeness (QED) is 0.561. The van der Waals surface area contributed by atoms with E-state index in [2.05, 4.69) is 5.32 Å². The van der Waals surface area contributed by atoms with Crippen molar-refractivity contribution in [2.75, 3.05) is 20.1 Å². The summed E-state index contributed by atoms with van der Waals surface area (Å²) in [4.78, 5) is 1.10. The molecule has 0 fully saturated rings. The van der Waals surface area contributed by atoms with Crippen LogP contribution < -0.4 is 11.1 Å². The molecule has 1 aliphatic heterocycles. The largest absolute Gasteiger partial charge is 0.434 e. The minimum Gasteiger partial charge on any atom is -0.384 e. The molecule has 6 heteroatoms. The van der Waals surface area contributed by atoms with Gasteiger partial charge in [0.1, 0.15) is 5.82 Å². The molecule has 0 aliphatic carbocycles. The van der Waals surface area contributed by atoms with Crippen LogP contribution in [-0.4, -0.2) is 31.2 Å². The maximum atomic E-state index is 12.2. The summed E-state index contributed by atoms with van der Waals surface area (Å²) in [7, 11) is 1.37. The summed E-state index contributed by atoms with van der Waals surface area (Å²) in [6.07, 6.45) is -4.37. The van der Waals surface area contributed by atoms with E-state index in [4.69, 9.17) is 5.73 Å². The molecule has 0 unspecified atom stereocenters. The highest BCUT2D eigenvalue weighted by Crippen LogP contribution is 2.29. The zero-order valence-corrected chi connectivity index (χ0v) is 6.57. The van der Waals surface area contributed by atoms with Crippen molar-refractivity contribution in [2.45, 2.75) is 6.18 Å². The summed E-state index contributed by atoms with van der Waals surface area (Å²) >= 11 is 0. The van der Waals surface area contributed by atoms with Crippen LogP contribution in [0.3, 0.4) is 0 Å². The van der Waals surface area contributed by atoms with E-state index in [0.29, 0.717) is 13.1 Å². The third-order valence-corrected chi connectivity index (χ3v) is 1.67. The lowest BCUT2D eigenvalue weighted by molar-refractivity contribution is -0.112. The van der Waals surface area contributed by atoms with Crippen molar-refractivity contribution in [1.29, 1.82) is 0 Å². The lowest BCUT2D eigenvalue weighted by atomic mass is 10.3. The molecule has 0 saturated carbocycles. The number of halogens is 3. The van der Waals surface area contributed by atoms with Crippen molar-refractivity contribution in [3.63, 3.8) is 0 Å². The van der Waals surface area contributed by atoms with Crippen LogP contribution in [0.15, 0.2) is 11.5 Å². The van der Waals surface area contributed by atoms with Gasteiger partial charge in [0.2, 0.25) is 0 Å². The predicted molar refractivity (Wildman–Crippen MR) is 37.9 cm³/mol. The Labute approximate surface area is 68.0 Å². The molecule has 0 aromatic carbocycles. The summed E-state index contributed by atoms with van der Waals surface area (Å²) in [5, 5.41) is 2.46. The average Bonchev–Trinajstić information content (AvgIpc) is 1.82. The molecule has 12 heavy (non-hydrogen) atoms. The normalized spacial score (nSPS) is 19.5. The molecule has 3 N–H and O–H groups in total. The first kappa shape index (κ1) is 9.02. The number of hydrogen-bond donors (Lipinski definition) is 2. The van der Waals surface area contributed by atoms with E-state index in [0.717, 1.165) is 4.90 Å². The van der Waals surface area contributed by atoms with E-state index >= 15 is 0 Å². The molecule has 1 rings (SSSR count). The van der Waals surface area contributed by atoms with Crippen molar-refractivity contribution < 1.29 is 13.2 Å². The van der Waals surface area contributed by atoms with Crippen molar-refractivity contribution in [3.8, 4) is 0 Å². The Morgan fingerprint density at radius 2 is 2.08 bits per heavy atom. The standard InChI is InChI=1S/C6H10F3N3/c1-12-3-2-11-5(10)4(12)6(7,8)9/h11H,2-3,10H2,1H3. The molecular formula is C6H10F3N3. The zero-order valence-electron chi connectivity index (χ0n) is 6.57. The Morgan fingerprint density at radius 1 is 1.50 bits per heavy atom. The Balaban J connectivity index is 2.96. The Kier molecular flexibility index (Phi) is 2.08. The van der Waals surface area contributed by atoms with Gasteiger partial charge >= 0.3 is 6.18 Å². The van der Waals surface area contributed by atoms with Gasteiger partial charge in [-0.25, -0.2) is 0 Å². The molecule has 0 atom stereocenters. The first-order chi connectivity index (χ1) is 5.43. The highest BCUT2D eigenvalue weighted by atomic mass is 19.4. The number of likely N-dealkylation sites (N-methyl/N-ethyl adjacent to an activating group) is 1. The van der Waals surface area contributed by atoms with E-state index in [1.807, 2.05) is 0 Å². The minimum absolute atomic E-state index is 0.295. The molecule has 1 aliphatic rings. The number of nitrogens with two attached hydrogens (primary N) is 1. The molecule has 0 aromatic heterocycles. The van der Waals surface area contributed by atoms with Crippen LogP contribution in [0.5, 0.6) is 0 Å². The predicted octanol–water partition coefficient (Wildman–Crippen LogP) is 0.211. The maximum absolute atomic E-state index is 12.2. The van der Waals surface area contributed by atoms with Gasteiger partial charge in [0.05, 0.1) is 0 Å². The van der Waals surface area contributed by atoms with Crippen LogP contribution in [0.25, 0.3) is 0 Å². The number of rotatable bonds is 0. The van der Waals surface area contributed by atoms with Gasteiger partial charge in [-0.15, -0.1) is 0 Å². The van der Waals surface area contributed by atoms with E-state index in [-0.39, 0.29) is 5.82 Å². The fraction of sp³-hybridized carbons (Fsp3) is 0.667. The average molecular weight is 181 g/mol. The third kappa shape index (κ3) is 1.57. The van der Waals surface area contributed by atoms with Gasteiger partial charge in [-0.05, 0) is 0 Å². The summed E-state index contributed by atoms with van der Waals surface area (Å²) < 4.78 is 36.7. The molecule has 70 valence electrons. The third-order valence-electron chi connectivity index (χ3n) is 1.67. The molecule has 0 saturated heterocycles. The first-order valence-corrected chi connectivity index (χ1v) is 3.45. The Hall–Kier alpha value is -1.07. The summed E-state index contributed by atoms with van der Waals surface area (Å²) in [5.41, 5.74) is 4.38. The summed E-state index contributed by atoms with van der Waals surface area (Å²) in [6, 6.07) is 0. The highest BCUT2D eigenvalue weighted by molar-refractivity contribution is 5.16. The summed E-state index contributed by atoms with van der Waals surface area (Å²) in [6.45, 7) is 0.761. The SMILES string of the molecule is CN1CCNC(N)=C1C(F)(F)F. The molecule has 0 amide bonds. The Bertz CT molecular complexity index is 209. The minimum atomic E-state index is -4.37. The van der Waals surface area contributed by atoms with E-state index in [9.17, 15) is 13.2 Å². The number of hydrogen-bond acceptors (Lipinski definition) is 3. The second kappa shape index (κ2) is 2.76. The van der Waals surface area contributed by atoms with Crippen molar-refractivity contribution >= 4 is 0 Å². The van der Waals surface area contributed by atoms with Crippen LogP contribution in [0.4, 0.5) is 13.2 Å². The van der Waals surface area contributed by atoms with Crippen LogP contribution in [0, 0.1) is 0 Å². The number of nitrogens with zero attached hydrogens (tertiary/aromatic N) is 1. The van der Waals surface area contributed by atoms with Crippen LogP contribution in [0.2, 0.25) is 0 Å². The molecule has 0 spiro atoms.